The number of fused-ring (bicyclic) bond motifs is 1. The summed E-state index contributed by atoms with van der Waals surface area (Å²) < 4.78 is 41.1. The van der Waals surface area contributed by atoms with Crippen molar-refractivity contribution in [2.24, 2.45) is 0 Å². The van der Waals surface area contributed by atoms with Crippen LogP contribution < -0.4 is 0 Å². The fourth-order valence-electron chi connectivity index (χ4n) is 0.912. The van der Waals surface area contributed by atoms with Gasteiger partial charge in [-0.3, -0.25) is 0 Å². The molecule has 68 valence electrons. The van der Waals surface area contributed by atoms with Crippen LogP contribution in [0.5, 0.6) is 0 Å². The molecule has 2 aromatic rings. The van der Waals surface area contributed by atoms with Gasteiger partial charge in [-0.2, -0.15) is 13.2 Å². The van der Waals surface area contributed by atoms with Gasteiger partial charge in [0, 0.05) is 6.20 Å². The molecule has 2 heterocycles. The van der Waals surface area contributed by atoms with Crippen molar-refractivity contribution in [3.8, 4) is 0 Å². The number of oxazole rings is 1. The van der Waals surface area contributed by atoms with Crippen molar-refractivity contribution < 1.29 is 17.6 Å². The first-order valence-corrected chi connectivity index (χ1v) is 3.34. The molecule has 2 rings (SSSR count). The summed E-state index contributed by atoms with van der Waals surface area (Å²) >= 11 is 0. The van der Waals surface area contributed by atoms with Crippen LogP contribution in [-0.4, -0.2) is 9.97 Å². The third-order valence-corrected chi connectivity index (χ3v) is 1.52. The molecule has 0 N–H and O–H groups in total. The van der Waals surface area contributed by atoms with E-state index in [1.807, 2.05) is 0 Å². The van der Waals surface area contributed by atoms with E-state index in [0.29, 0.717) is 6.20 Å². The Balaban J connectivity index is 2.61. The number of hydrogen-bond acceptors (Lipinski definition) is 3. The summed E-state index contributed by atoms with van der Waals surface area (Å²) in [4.78, 5) is 7.02. The van der Waals surface area contributed by atoms with Crippen LogP contribution in [0.1, 0.15) is 5.56 Å². The van der Waals surface area contributed by atoms with Crippen molar-refractivity contribution >= 4 is 11.2 Å². The minimum Gasteiger partial charge on any atom is -0.425 e. The second-order valence-electron chi connectivity index (χ2n) is 2.40. The Hall–Kier alpha value is -1.59. The molecular formula is C7H3F3N2O. The minimum absolute atomic E-state index is 0.105. The van der Waals surface area contributed by atoms with Gasteiger partial charge in [-0.1, -0.05) is 0 Å². The van der Waals surface area contributed by atoms with Gasteiger partial charge in [0.25, 0.3) is 0 Å². The summed E-state index contributed by atoms with van der Waals surface area (Å²) in [7, 11) is 0. The number of hydrogen-bond donors (Lipinski definition) is 0. The number of aromatic nitrogens is 2. The topological polar surface area (TPSA) is 38.9 Å². The van der Waals surface area contributed by atoms with E-state index in [1.54, 1.807) is 0 Å². The molecule has 6 heteroatoms. The Morgan fingerprint density at radius 3 is 2.69 bits per heavy atom. The van der Waals surface area contributed by atoms with Gasteiger partial charge in [0.1, 0.15) is 5.52 Å². The smallest absolute Gasteiger partial charge is 0.417 e. The summed E-state index contributed by atoms with van der Waals surface area (Å²) in [6, 6.07) is 0.895. The molecule has 0 radical (unpaired) electrons. The molecule has 0 atom stereocenters. The molecule has 0 aliphatic heterocycles. The maximum absolute atomic E-state index is 12.1. The van der Waals surface area contributed by atoms with E-state index in [4.69, 9.17) is 4.42 Å². The fraction of sp³-hybridized carbons (Fsp3) is 0.143. The molecule has 0 fully saturated rings. The van der Waals surface area contributed by atoms with E-state index < -0.39 is 11.7 Å². The van der Waals surface area contributed by atoms with E-state index in [-0.39, 0.29) is 11.2 Å². The summed E-state index contributed by atoms with van der Waals surface area (Å²) in [5.41, 5.74) is -0.614. The molecule has 0 aliphatic rings. The van der Waals surface area contributed by atoms with Gasteiger partial charge in [0.2, 0.25) is 5.71 Å². The minimum atomic E-state index is -4.39. The van der Waals surface area contributed by atoms with Gasteiger partial charge in [0.05, 0.1) is 5.56 Å². The highest BCUT2D eigenvalue weighted by Gasteiger charge is 2.31. The number of nitrogens with zero attached hydrogens (tertiary/aromatic N) is 2. The molecule has 0 aromatic carbocycles. The Kier molecular flexibility index (Phi) is 1.51. The molecule has 13 heavy (non-hydrogen) atoms. The van der Waals surface area contributed by atoms with Gasteiger partial charge >= 0.3 is 6.18 Å². The van der Waals surface area contributed by atoms with E-state index in [1.165, 1.54) is 0 Å². The molecule has 0 bridgehead atoms. The van der Waals surface area contributed by atoms with Crippen LogP contribution in [0, 0.1) is 0 Å². The van der Waals surface area contributed by atoms with Crippen LogP contribution in [0.25, 0.3) is 11.2 Å². The number of alkyl halides is 3. The lowest BCUT2D eigenvalue weighted by Gasteiger charge is -2.03. The van der Waals surface area contributed by atoms with Crippen LogP contribution in [0.3, 0.4) is 0 Å². The highest BCUT2D eigenvalue weighted by molar-refractivity contribution is 5.67. The highest BCUT2D eigenvalue weighted by Crippen LogP contribution is 2.29. The Labute approximate surface area is 70.2 Å². The van der Waals surface area contributed by atoms with Crippen LogP contribution in [0.2, 0.25) is 0 Å². The van der Waals surface area contributed by atoms with Crippen molar-refractivity contribution in [1.29, 1.82) is 0 Å². The molecule has 0 amide bonds. The fourth-order valence-corrected chi connectivity index (χ4v) is 0.912. The lowest BCUT2D eigenvalue weighted by atomic mass is 10.3. The van der Waals surface area contributed by atoms with Gasteiger partial charge in [0.15, 0.2) is 6.39 Å². The summed E-state index contributed by atoms with van der Waals surface area (Å²) in [5, 5.41) is 0. The SMILES string of the molecule is FC(F)(F)c1cnc2ocnc2c1. The van der Waals surface area contributed by atoms with Gasteiger partial charge in [-0.15, -0.1) is 0 Å². The molecule has 2 aromatic heterocycles. The second kappa shape index (κ2) is 2.45. The van der Waals surface area contributed by atoms with E-state index >= 15 is 0 Å². The molecule has 3 nitrogen and oxygen atoms in total. The zero-order valence-electron chi connectivity index (χ0n) is 6.17. The maximum Gasteiger partial charge on any atom is 0.417 e. The molecular weight excluding hydrogens is 185 g/mol. The monoisotopic (exact) mass is 188 g/mol. The lowest BCUT2D eigenvalue weighted by molar-refractivity contribution is -0.137. The Bertz CT molecular complexity index is 434. The van der Waals surface area contributed by atoms with Gasteiger partial charge < -0.3 is 4.42 Å². The Morgan fingerprint density at radius 1 is 1.23 bits per heavy atom. The predicted octanol–water partition coefficient (Wildman–Crippen LogP) is 2.24. The average Bonchev–Trinajstić information content (AvgIpc) is 2.47. The summed E-state index contributed by atoms with van der Waals surface area (Å²) in [5.74, 6) is 0. The number of pyridine rings is 1. The first-order chi connectivity index (χ1) is 6.07. The van der Waals surface area contributed by atoms with Crippen LogP contribution >= 0.6 is 0 Å². The predicted molar refractivity (Wildman–Crippen MR) is 36.8 cm³/mol. The summed E-state index contributed by atoms with van der Waals surface area (Å²) in [6.45, 7) is 0. The highest BCUT2D eigenvalue weighted by atomic mass is 19.4. The van der Waals surface area contributed by atoms with Gasteiger partial charge in [-0.25, -0.2) is 9.97 Å². The van der Waals surface area contributed by atoms with Crippen molar-refractivity contribution in [3.05, 3.63) is 24.2 Å². The molecule has 0 aliphatic carbocycles. The standard InChI is InChI=1S/C7H3F3N2O/c8-7(9,10)4-1-5-6(11-2-4)13-3-12-5/h1-3H. The number of halogens is 3. The first-order valence-electron chi connectivity index (χ1n) is 3.34. The number of rotatable bonds is 0. The quantitative estimate of drug-likeness (QED) is 0.636. The van der Waals surface area contributed by atoms with E-state index in [0.717, 1.165) is 12.5 Å². The normalized spacial score (nSPS) is 12.2. The molecule has 0 saturated carbocycles. The van der Waals surface area contributed by atoms with E-state index in [2.05, 4.69) is 9.97 Å². The summed E-state index contributed by atoms with van der Waals surface area (Å²) in [6.07, 6.45) is -2.62. The molecule has 0 saturated heterocycles. The first kappa shape index (κ1) is 8.03. The van der Waals surface area contributed by atoms with Crippen molar-refractivity contribution in [2.45, 2.75) is 6.18 Å². The zero-order valence-corrected chi connectivity index (χ0v) is 6.17. The maximum atomic E-state index is 12.1. The third-order valence-electron chi connectivity index (χ3n) is 1.52. The van der Waals surface area contributed by atoms with Crippen LogP contribution in [0.15, 0.2) is 23.1 Å². The second-order valence-corrected chi connectivity index (χ2v) is 2.40. The van der Waals surface area contributed by atoms with Crippen molar-refractivity contribution in [2.75, 3.05) is 0 Å². The van der Waals surface area contributed by atoms with Crippen molar-refractivity contribution in [3.63, 3.8) is 0 Å². The van der Waals surface area contributed by atoms with Crippen LogP contribution in [-0.2, 0) is 6.18 Å². The molecule has 0 spiro atoms. The molecule has 0 unspecified atom stereocenters. The van der Waals surface area contributed by atoms with E-state index in [9.17, 15) is 13.2 Å². The average molecular weight is 188 g/mol. The Morgan fingerprint density at radius 2 is 2.00 bits per heavy atom. The zero-order chi connectivity index (χ0) is 9.47. The largest absolute Gasteiger partial charge is 0.425 e. The third kappa shape index (κ3) is 1.34. The van der Waals surface area contributed by atoms with Crippen LogP contribution in [0.4, 0.5) is 13.2 Å². The van der Waals surface area contributed by atoms with Crippen molar-refractivity contribution in [1.82, 2.24) is 9.97 Å². The van der Waals surface area contributed by atoms with Gasteiger partial charge in [-0.05, 0) is 6.07 Å². The lowest BCUT2D eigenvalue weighted by Crippen LogP contribution is -2.04.